The predicted octanol–water partition coefficient (Wildman–Crippen LogP) is 5.05. The standard InChI is InChI=1S/C31H45NO7/c1-20(2)19-37-28-13-9-12-26(32-28)21(3)10-8-11-22(4)30-23(5)14-15-27(38-24(6)33)31(7,36)17-16-25(34)18-29(35)39-30/h8-15,20-21,23,25,27,30,34,36H,16-19H2,1-7H3/b10-8+,15-14-,22-11+/t21?,23-,25-,27-,30+,31-/m0/s1. The lowest BCUT2D eigenvalue weighted by atomic mass is 9.88. The van der Waals surface area contributed by atoms with E-state index >= 15 is 0 Å². The number of hydrogen-bond acceptors (Lipinski definition) is 8. The number of pyridine rings is 1. The number of cyclic esters (lactones) is 1. The van der Waals surface area contributed by atoms with Gasteiger partial charge in [-0.25, -0.2) is 4.98 Å². The molecule has 1 unspecified atom stereocenters. The van der Waals surface area contributed by atoms with Crippen LogP contribution in [0.4, 0.5) is 0 Å². The summed E-state index contributed by atoms with van der Waals surface area (Å²) < 4.78 is 16.9. The normalized spacial score (nSPS) is 28.8. The molecule has 2 rings (SSSR count). The van der Waals surface area contributed by atoms with Crippen molar-refractivity contribution < 1.29 is 34.0 Å². The predicted molar refractivity (Wildman–Crippen MR) is 150 cm³/mol. The minimum atomic E-state index is -1.41. The molecule has 216 valence electrons. The molecule has 39 heavy (non-hydrogen) atoms. The summed E-state index contributed by atoms with van der Waals surface area (Å²) in [6, 6.07) is 5.73. The van der Waals surface area contributed by atoms with Crippen LogP contribution in [0.2, 0.25) is 0 Å². The molecule has 1 aromatic heterocycles. The number of carbonyl (C=O) groups excluding carboxylic acids is 2. The first-order valence-corrected chi connectivity index (χ1v) is 13.7. The SMILES string of the molecule is CC(=O)O[C@H]1/C=C\[C@H](C)[C@@H](/C(C)=C/C=C/C(C)c2cccc(OCC(C)C)n2)OC(=O)C[C@@H](O)CC[C@]1(C)O. The molecule has 0 aliphatic carbocycles. The van der Waals surface area contributed by atoms with Gasteiger partial charge in [0.15, 0.2) is 0 Å². The lowest BCUT2D eigenvalue weighted by molar-refractivity contribution is -0.157. The Kier molecular flexibility index (Phi) is 12.4. The molecule has 2 N–H and O–H groups in total. The Morgan fingerprint density at radius 3 is 2.64 bits per heavy atom. The number of rotatable bonds is 8. The van der Waals surface area contributed by atoms with Gasteiger partial charge in [-0.2, -0.15) is 0 Å². The van der Waals surface area contributed by atoms with E-state index in [4.69, 9.17) is 14.2 Å². The van der Waals surface area contributed by atoms with E-state index in [1.54, 1.807) is 19.1 Å². The summed E-state index contributed by atoms with van der Waals surface area (Å²) >= 11 is 0. The van der Waals surface area contributed by atoms with Gasteiger partial charge in [0.1, 0.15) is 17.8 Å². The molecular formula is C31H45NO7. The maximum Gasteiger partial charge on any atom is 0.309 e. The Balaban J connectivity index is 2.25. The maximum atomic E-state index is 12.6. The van der Waals surface area contributed by atoms with Gasteiger partial charge in [-0.3, -0.25) is 9.59 Å². The molecule has 0 saturated heterocycles. The molecule has 1 aliphatic heterocycles. The fraction of sp³-hybridized carbons (Fsp3) is 0.581. The maximum absolute atomic E-state index is 12.6. The molecular weight excluding hydrogens is 498 g/mol. The third-order valence-electron chi connectivity index (χ3n) is 6.60. The van der Waals surface area contributed by atoms with Gasteiger partial charge in [-0.15, -0.1) is 0 Å². The topological polar surface area (TPSA) is 115 Å². The first-order valence-electron chi connectivity index (χ1n) is 13.7. The molecule has 0 saturated carbocycles. The Labute approximate surface area is 232 Å². The van der Waals surface area contributed by atoms with Crippen LogP contribution in [0.1, 0.15) is 79.3 Å². The van der Waals surface area contributed by atoms with Gasteiger partial charge >= 0.3 is 11.9 Å². The Bertz CT molecular complexity index is 1040. The fourth-order valence-electron chi connectivity index (χ4n) is 4.21. The van der Waals surface area contributed by atoms with Crippen LogP contribution in [-0.4, -0.2) is 57.7 Å². The van der Waals surface area contributed by atoms with Gasteiger partial charge in [-0.05, 0) is 50.3 Å². The Hall–Kier alpha value is -2.97. The molecule has 0 aromatic carbocycles. The van der Waals surface area contributed by atoms with Crippen molar-refractivity contribution in [3.05, 3.63) is 59.8 Å². The zero-order valence-corrected chi connectivity index (χ0v) is 24.3. The van der Waals surface area contributed by atoms with Crippen molar-refractivity contribution in [2.45, 2.75) is 97.6 Å². The molecule has 0 spiro atoms. The first kappa shape index (κ1) is 32.2. The second kappa shape index (κ2) is 15.0. The molecule has 1 aliphatic rings. The van der Waals surface area contributed by atoms with Crippen LogP contribution < -0.4 is 4.74 Å². The minimum Gasteiger partial charge on any atom is -0.477 e. The summed E-state index contributed by atoms with van der Waals surface area (Å²) in [6.07, 6.45) is 6.82. The van der Waals surface area contributed by atoms with E-state index in [1.807, 2.05) is 57.2 Å². The monoisotopic (exact) mass is 543 g/mol. The minimum absolute atomic E-state index is 0.0229. The first-order chi connectivity index (χ1) is 18.3. The molecule has 2 heterocycles. The largest absolute Gasteiger partial charge is 0.477 e. The molecule has 0 bridgehead atoms. The third kappa shape index (κ3) is 11.0. The number of esters is 2. The van der Waals surface area contributed by atoms with E-state index in [1.165, 1.54) is 6.92 Å². The average Bonchev–Trinajstić information content (AvgIpc) is 2.86. The fourth-order valence-corrected chi connectivity index (χ4v) is 4.21. The van der Waals surface area contributed by atoms with Crippen molar-refractivity contribution in [3.63, 3.8) is 0 Å². The van der Waals surface area contributed by atoms with Gasteiger partial charge in [0.05, 0.1) is 24.8 Å². The van der Waals surface area contributed by atoms with Crippen LogP contribution in [0, 0.1) is 11.8 Å². The smallest absolute Gasteiger partial charge is 0.309 e. The van der Waals surface area contributed by atoms with Crippen LogP contribution in [-0.2, 0) is 19.1 Å². The summed E-state index contributed by atoms with van der Waals surface area (Å²) in [7, 11) is 0. The molecule has 8 heteroatoms. The zero-order chi connectivity index (χ0) is 29.2. The molecule has 1 aromatic rings. The second-order valence-corrected chi connectivity index (χ2v) is 11.1. The molecule has 6 atom stereocenters. The van der Waals surface area contributed by atoms with Crippen molar-refractivity contribution in [2.24, 2.45) is 11.8 Å². The van der Waals surface area contributed by atoms with E-state index < -0.39 is 35.9 Å². The van der Waals surface area contributed by atoms with E-state index in [-0.39, 0.29) is 31.1 Å². The van der Waals surface area contributed by atoms with Gasteiger partial charge in [-0.1, -0.05) is 58.1 Å². The summed E-state index contributed by atoms with van der Waals surface area (Å²) in [5.41, 5.74) is 0.272. The van der Waals surface area contributed by atoms with Crippen LogP contribution in [0.15, 0.2) is 54.2 Å². The number of carbonyl (C=O) groups is 2. The van der Waals surface area contributed by atoms with Crippen molar-refractivity contribution >= 4 is 11.9 Å². The number of allylic oxidation sites excluding steroid dienone is 3. The highest BCUT2D eigenvalue weighted by molar-refractivity contribution is 5.70. The van der Waals surface area contributed by atoms with Gasteiger partial charge < -0.3 is 24.4 Å². The molecule has 0 amide bonds. The van der Waals surface area contributed by atoms with E-state index in [0.717, 1.165) is 11.3 Å². The van der Waals surface area contributed by atoms with Crippen LogP contribution >= 0.6 is 0 Å². The van der Waals surface area contributed by atoms with Crippen molar-refractivity contribution in [2.75, 3.05) is 6.61 Å². The number of hydrogen-bond donors (Lipinski definition) is 2. The summed E-state index contributed by atoms with van der Waals surface area (Å²) in [5.74, 6) is -0.297. The average molecular weight is 544 g/mol. The van der Waals surface area contributed by atoms with Gasteiger partial charge in [0, 0.05) is 24.8 Å². The molecule has 0 radical (unpaired) electrons. The van der Waals surface area contributed by atoms with Gasteiger partial charge in [0.2, 0.25) is 5.88 Å². The van der Waals surface area contributed by atoms with Crippen LogP contribution in [0.25, 0.3) is 0 Å². The number of aliphatic hydroxyl groups is 2. The van der Waals surface area contributed by atoms with Crippen molar-refractivity contribution in [1.29, 1.82) is 0 Å². The number of aliphatic hydroxyl groups excluding tert-OH is 1. The van der Waals surface area contributed by atoms with E-state index in [2.05, 4.69) is 18.8 Å². The van der Waals surface area contributed by atoms with Crippen molar-refractivity contribution in [3.8, 4) is 5.88 Å². The van der Waals surface area contributed by atoms with Crippen LogP contribution in [0.3, 0.4) is 0 Å². The highest BCUT2D eigenvalue weighted by Crippen LogP contribution is 2.27. The van der Waals surface area contributed by atoms with Gasteiger partial charge in [0.25, 0.3) is 0 Å². The van der Waals surface area contributed by atoms with E-state index in [9.17, 15) is 19.8 Å². The van der Waals surface area contributed by atoms with E-state index in [0.29, 0.717) is 18.4 Å². The van der Waals surface area contributed by atoms with Crippen LogP contribution in [0.5, 0.6) is 5.88 Å². The number of nitrogens with zero attached hydrogens (tertiary/aromatic N) is 1. The number of ether oxygens (including phenoxy) is 3. The Morgan fingerprint density at radius 2 is 1.97 bits per heavy atom. The zero-order valence-electron chi connectivity index (χ0n) is 24.3. The lowest BCUT2D eigenvalue weighted by Gasteiger charge is -2.32. The lowest BCUT2D eigenvalue weighted by Crippen LogP contribution is -2.42. The summed E-state index contributed by atoms with van der Waals surface area (Å²) in [6.45, 7) is 13.4. The Morgan fingerprint density at radius 1 is 1.26 bits per heavy atom. The number of aromatic nitrogens is 1. The molecule has 0 fully saturated rings. The van der Waals surface area contributed by atoms with Crippen molar-refractivity contribution in [1.82, 2.24) is 4.98 Å². The summed E-state index contributed by atoms with van der Waals surface area (Å²) in [4.78, 5) is 28.9. The third-order valence-corrected chi connectivity index (χ3v) is 6.60. The second-order valence-electron chi connectivity index (χ2n) is 11.1. The quantitative estimate of drug-likeness (QED) is 0.266. The highest BCUT2D eigenvalue weighted by atomic mass is 16.6. The summed E-state index contributed by atoms with van der Waals surface area (Å²) in [5, 5.41) is 21.3. The molecule has 8 nitrogen and oxygen atoms in total. The highest BCUT2D eigenvalue weighted by Gasteiger charge is 2.35.